The Bertz CT molecular complexity index is 143. The molecule has 1 rings (SSSR count). The molecule has 0 bridgehead atoms. The first-order valence-corrected chi connectivity index (χ1v) is 5.89. The number of rotatable bonds is 5. The van der Waals surface area contributed by atoms with Crippen molar-refractivity contribution < 1.29 is 9.47 Å². The van der Waals surface area contributed by atoms with E-state index in [2.05, 4.69) is 0 Å². The summed E-state index contributed by atoms with van der Waals surface area (Å²) in [5.41, 5.74) is 0. The molecule has 2 heteroatoms. The normalized spacial score (nSPS) is 8.25. The quantitative estimate of drug-likeness (QED) is 0.711. The van der Waals surface area contributed by atoms with E-state index in [9.17, 15) is 0 Å². The maximum Gasteiger partial charge on any atom is 0.0463 e. The lowest BCUT2D eigenvalue weighted by atomic mass is 10.3. The average Bonchev–Trinajstić information content (AvgIpc) is 2.40. The molecule has 0 unspecified atom stereocenters. The van der Waals surface area contributed by atoms with E-state index in [-0.39, 0.29) is 0 Å². The van der Waals surface area contributed by atoms with E-state index < -0.39 is 0 Å². The number of benzene rings is 1. The van der Waals surface area contributed by atoms with E-state index in [0.717, 1.165) is 26.1 Å². The molecule has 0 saturated carbocycles. The van der Waals surface area contributed by atoms with E-state index in [0.29, 0.717) is 0 Å². The van der Waals surface area contributed by atoms with Crippen molar-refractivity contribution in [1.82, 2.24) is 0 Å². The highest BCUT2D eigenvalue weighted by Gasteiger charge is 1.83. The topological polar surface area (TPSA) is 18.5 Å². The van der Waals surface area contributed by atoms with Crippen molar-refractivity contribution in [1.29, 1.82) is 0 Å². The minimum absolute atomic E-state index is 0.851. The molecule has 0 radical (unpaired) electrons. The minimum Gasteiger partial charge on any atom is -0.385 e. The van der Waals surface area contributed by atoms with Crippen LogP contribution in [0.25, 0.3) is 0 Å². The van der Waals surface area contributed by atoms with Crippen LogP contribution in [0.5, 0.6) is 0 Å². The van der Waals surface area contributed by atoms with Crippen LogP contribution >= 0.6 is 0 Å². The number of hydrogen-bond donors (Lipinski definition) is 0. The Morgan fingerprint density at radius 3 is 1.06 bits per heavy atom. The molecule has 2 nitrogen and oxygen atoms in total. The van der Waals surface area contributed by atoms with E-state index in [1.165, 1.54) is 0 Å². The van der Waals surface area contributed by atoms with Crippen molar-refractivity contribution in [2.45, 2.75) is 26.7 Å². The Hall–Kier alpha value is -0.860. The number of methoxy groups -OCH3 is 2. The van der Waals surface area contributed by atoms with Crippen LogP contribution in [0.1, 0.15) is 26.7 Å². The van der Waals surface area contributed by atoms with Gasteiger partial charge in [0.2, 0.25) is 0 Å². The lowest BCUT2D eigenvalue weighted by Gasteiger charge is -1.96. The van der Waals surface area contributed by atoms with Gasteiger partial charge in [-0.05, 0) is 12.8 Å². The summed E-state index contributed by atoms with van der Waals surface area (Å²) in [4.78, 5) is 0. The van der Waals surface area contributed by atoms with Crippen molar-refractivity contribution in [3.05, 3.63) is 36.4 Å². The van der Waals surface area contributed by atoms with Gasteiger partial charge in [-0.1, -0.05) is 50.2 Å². The van der Waals surface area contributed by atoms with Crippen molar-refractivity contribution in [2.24, 2.45) is 0 Å². The van der Waals surface area contributed by atoms with Crippen LogP contribution in [0, 0.1) is 0 Å². The molecule has 0 aromatic heterocycles. The second-order valence-corrected chi connectivity index (χ2v) is 2.85. The fourth-order valence-electron chi connectivity index (χ4n) is 0.878. The second-order valence-electron chi connectivity index (χ2n) is 2.85. The zero-order valence-corrected chi connectivity index (χ0v) is 11.1. The van der Waals surface area contributed by atoms with Gasteiger partial charge in [0.25, 0.3) is 0 Å². The number of unbranched alkanes of at least 4 members (excludes halogenated alkanes) is 1. The van der Waals surface area contributed by atoms with Gasteiger partial charge in [0.15, 0.2) is 0 Å². The van der Waals surface area contributed by atoms with Crippen molar-refractivity contribution in [3.63, 3.8) is 0 Å². The summed E-state index contributed by atoms with van der Waals surface area (Å²) in [5.74, 6) is 0. The highest BCUT2D eigenvalue weighted by Crippen LogP contribution is 1.87. The van der Waals surface area contributed by atoms with Crippen LogP contribution in [0.15, 0.2) is 36.4 Å². The van der Waals surface area contributed by atoms with Gasteiger partial charge in [-0.15, -0.1) is 0 Å². The van der Waals surface area contributed by atoms with Gasteiger partial charge in [-0.3, -0.25) is 0 Å². The minimum atomic E-state index is 0.851. The number of ether oxygens (including phenoxy) is 2. The average molecular weight is 226 g/mol. The predicted molar refractivity (Wildman–Crippen MR) is 70.8 cm³/mol. The molecule has 1 aromatic carbocycles. The molecule has 0 aliphatic carbocycles. The lowest BCUT2D eigenvalue weighted by molar-refractivity contribution is 0.159. The molecule has 0 saturated heterocycles. The lowest BCUT2D eigenvalue weighted by Crippen LogP contribution is -1.92. The second kappa shape index (κ2) is 19.7. The monoisotopic (exact) mass is 226 g/mol. The number of hydrogen-bond acceptors (Lipinski definition) is 2. The van der Waals surface area contributed by atoms with E-state index >= 15 is 0 Å². The van der Waals surface area contributed by atoms with Crippen molar-refractivity contribution in [2.75, 3.05) is 27.4 Å². The van der Waals surface area contributed by atoms with Gasteiger partial charge in [0, 0.05) is 27.4 Å². The fourth-order valence-corrected chi connectivity index (χ4v) is 0.878. The van der Waals surface area contributed by atoms with Crippen LogP contribution < -0.4 is 0 Å². The van der Waals surface area contributed by atoms with E-state index in [1.54, 1.807) is 14.2 Å². The van der Waals surface area contributed by atoms with Crippen LogP contribution in [-0.4, -0.2) is 27.4 Å². The van der Waals surface area contributed by atoms with E-state index in [1.807, 2.05) is 50.2 Å². The molecule has 94 valence electrons. The van der Waals surface area contributed by atoms with Gasteiger partial charge < -0.3 is 9.47 Å². The SMILES string of the molecule is CC.COCCCCOC.c1ccccc1. The maximum atomic E-state index is 4.83. The molecule has 0 N–H and O–H groups in total. The van der Waals surface area contributed by atoms with Crippen LogP contribution in [0.2, 0.25) is 0 Å². The Labute approximate surface area is 101 Å². The molecular formula is C14H26O2. The Balaban J connectivity index is 0. The Kier molecular flexibility index (Phi) is 21.6. The summed E-state index contributed by atoms with van der Waals surface area (Å²) in [6.45, 7) is 5.70. The molecule has 0 spiro atoms. The first-order chi connectivity index (χ1) is 7.91. The standard InChI is InChI=1S/C6H14O2.C6H6.C2H6/c1-7-5-3-4-6-8-2;1-2-4-6-5-3-1;1-2/h3-6H2,1-2H3;1-6H;1-2H3. The molecule has 0 aliphatic rings. The summed E-state index contributed by atoms with van der Waals surface area (Å²) in [5, 5.41) is 0. The van der Waals surface area contributed by atoms with Gasteiger partial charge in [-0.2, -0.15) is 0 Å². The first-order valence-electron chi connectivity index (χ1n) is 5.89. The molecule has 0 heterocycles. The van der Waals surface area contributed by atoms with Crippen molar-refractivity contribution in [3.8, 4) is 0 Å². The summed E-state index contributed by atoms with van der Waals surface area (Å²) < 4.78 is 9.67. The van der Waals surface area contributed by atoms with Crippen LogP contribution in [0.3, 0.4) is 0 Å². The summed E-state index contributed by atoms with van der Waals surface area (Å²) in [7, 11) is 3.43. The highest BCUT2D eigenvalue weighted by atomic mass is 16.5. The maximum absolute atomic E-state index is 4.83. The first kappa shape index (κ1) is 17.5. The molecule has 0 amide bonds. The molecular weight excluding hydrogens is 200 g/mol. The largest absolute Gasteiger partial charge is 0.385 e. The smallest absolute Gasteiger partial charge is 0.0463 e. The third-order valence-corrected chi connectivity index (χ3v) is 1.61. The zero-order valence-electron chi connectivity index (χ0n) is 11.1. The summed E-state index contributed by atoms with van der Waals surface area (Å²) >= 11 is 0. The van der Waals surface area contributed by atoms with Gasteiger partial charge in [0.1, 0.15) is 0 Å². The molecule has 0 fully saturated rings. The van der Waals surface area contributed by atoms with Crippen LogP contribution in [-0.2, 0) is 9.47 Å². The predicted octanol–water partition coefficient (Wildman–Crippen LogP) is 3.77. The van der Waals surface area contributed by atoms with Gasteiger partial charge in [0.05, 0.1) is 0 Å². The molecule has 0 aliphatic heterocycles. The summed E-state index contributed by atoms with van der Waals surface area (Å²) in [6.07, 6.45) is 2.20. The molecule has 16 heavy (non-hydrogen) atoms. The fraction of sp³-hybridized carbons (Fsp3) is 0.571. The third-order valence-electron chi connectivity index (χ3n) is 1.61. The third kappa shape index (κ3) is 18.8. The van der Waals surface area contributed by atoms with Crippen molar-refractivity contribution >= 4 is 0 Å². The van der Waals surface area contributed by atoms with Crippen LogP contribution in [0.4, 0.5) is 0 Å². The van der Waals surface area contributed by atoms with E-state index in [4.69, 9.17) is 9.47 Å². The molecule has 1 aromatic rings. The molecule has 0 atom stereocenters. The van der Waals surface area contributed by atoms with Gasteiger partial charge >= 0.3 is 0 Å². The Morgan fingerprint density at radius 1 is 0.625 bits per heavy atom. The highest BCUT2D eigenvalue weighted by molar-refractivity contribution is 4.99. The van der Waals surface area contributed by atoms with Gasteiger partial charge in [-0.25, -0.2) is 0 Å². The zero-order chi connectivity index (χ0) is 12.5. The Morgan fingerprint density at radius 2 is 0.875 bits per heavy atom. The summed E-state index contributed by atoms with van der Waals surface area (Å²) in [6, 6.07) is 12.0.